The van der Waals surface area contributed by atoms with Crippen LogP contribution in [-0.2, 0) is 15.1 Å². The largest absolute Gasteiger partial charge is 0.354 e. The van der Waals surface area contributed by atoms with Crippen LogP contribution in [0.2, 0.25) is 0 Å². The van der Waals surface area contributed by atoms with Gasteiger partial charge in [0.05, 0.1) is 0 Å². The molecule has 22 heavy (non-hydrogen) atoms. The van der Waals surface area contributed by atoms with Gasteiger partial charge in [0.2, 0.25) is 5.91 Å². The van der Waals surface area contributed by atoms with Crippen molar-refractivity contribution in [2.24, 2.45) is 5.92 Å². The Morgan fingerprint density at radius 1 is 1.27 bits per heavy atom. The van der Waals surface area contributed by atoms with Crippen molar-refractivity contribution < 1.29 is 14.4 Å². The zero-order valence-corrected chi connectivity index (χ0v) is 13.1. The van der Waals surface area contributed by atoms with E-state index in [-0.39, 0.29) is 12.5 Å². The van der Waals surface area contributed by atoms with Crippen molar-refractivity contribution in [2.45, 2.75) is 26.3 Å². The Morgan fingerprint density at radius 2 is 1.91 bits per heavy atom. The number of nitrogens with zero attached hydrogens (tertiary/aromatic N) is 1. The topological polar surface area (TPSA) is 78.5 Å². The highest BCUT2D eigenvalue weighted by molar-refractivity contribution is 6.09. The lowest BCUT2D eigenvalue weighted by molar-refractivity contribution is -0.134. The molecule has 1 fully saturated rings. The summed E-state index contributed by atoms with van der Waals surface area (Å²) in [6.45, 7) is 5.84. The summed E-state index contributed by atoms with van der Waals surface area (Å²) in [6, 6.07) is 8.46. The molecule has 1 aromatic carbocycles. The summed E-state index contributed by atoms with van der Waals surface area (Å²) in [5.74, 6) is -0.445. The average molecular weight is 303 g/mol. The molecule has 1 aliphatic rings. The molecule has 0 aliphatic carbocycles. The van der Waals surface area contributed by atoms with Crippen molar-refractivity contribution in [2.75, 3.05) is 13.1 Å². The molecule has 6 nitrogen and oxygen atoms in total. The Balaban J connectivity index is 2.11. The number of carbonyl (C=O) groups excluding carboxylic acids is 3. The molecule has 0 unspecified atom stereocenters. The lowest BCUT2D eigenvalue weighted by Gasteiger charge is -2.22. The van der Waals surface area contributed by atoms with Crippen LogP contribution in [0.5, 0.6) is 0 Å². The van der Waals surface area contributed by atoms with Gasteiger partial charge in [-0.05, 0) is 18.4 Å². The molecule has 0 aromatic heterocycles. The normalized spacial score (nSPS) is 21.2. The Labute approximate surface area is 129 Å². The van der Waals surface area contributed by atoms with Gasteiger partial charge < -0.3 is 10.6 Å². The van der Waals surface area contributed by atoms with Gasteiger partial charge in [-0.1, -0.05) is 44.2 Å². The Bertz CT molecular complexity index is 586. The number of imide groups is 1. The molecule has 2 rings (SSSR count). The van der Waals surface area contributed by atoms with E-state index < -0.39 is 17.5 Å². The fourth-order valence-electron chi connectivity index (χ4n) is 2.33. The minimum Gasteiger partial charge on any atom is -0.354 e. The first-order valence-corrected chi connectivity index (χ1v) is 7.31. The molecule has 118 valence electrons. The summed E-state index contributed by atoms with van der Waals surface area (Å²) in [4.78, 5) is 37.5. The predicted molar refractivity (Wildman–Crippen MR) is 81.9 cm³/mol. The van der Waals surface area contributed by atoms with Crippen LogP contribution in [0, 0.1) is 5.92 Å². The van der Waals surface area contributed by atoms with E-state index in [9.17, 15) is 14.4 Å². The van der Waals surface area contributed by atoms with Crippen LogP contribution in [0.3, 0.4) is 0 Å². The summed E-state index contributed by atoms with van der Waals surface area (Å²) in [7, 11) is 0. The number of rotatable bonds is 5. The second-order valence-corrected chi connectivity index (χ2v) is 6.01. The summed E-state index contributed by atoms with van der Waals surface area (Å²) in [5, 5.41) is 5.38. The van der Waals surface area contributed by atoms with Crippen LogP contribution in [0.4, 0.5) is 4.79 Å². The van der Waals surface area contributed by atoms with Gasteiger partial charge in [-0.15, -0.1) is 0 Å². The van der Waals surface area contributed by atoms with E-state index in [2.05, 4.69) is 10.6 Å². The van der Waals surface area contributed by atoms with Crippen molar-refractivity contribution in [1.82, 2.24) is 15.5 Å². The average Bonchev–Trinajstić information content (AvgIpc) is 2.70. The third-order valence-corrected chi connectivity index (χ3v) is 3.64. The number of carbonyl (C=O) groups is 3. The van der Waals surface area contributed by atoms with Crippen LogP contribution in [-0.4, -0.2) is 35.8 Å². The van der Waals surface area contributed by atoms with E-state index in [0.717, 1.165) is 4.90 Å². The molecule has 1 aliphatic heterocycles. The second kappa shape index (κ2) is 6.17. The monoisotopic (exact) mass is 303 g/mol. The molecule has 2 N–H and O–H groups in total. The first-order chi connectivity index (χ1) is 10.3. The summed E-state index contributed by atoms with van der Waals surface area (Å²) in [6.07, 6.45) is 0. The molecule has 1 atom stereocenters. The molecule has 1 saturated heterocycles. The van der Waals surface area contributed by atoms with Gasteiger partial charge in [-0.25, -0.2) is 4.79 Å². The Kier molecular flexibility index (Phi) is 4.49. The number of nitrogens with one attached hydrogen (secondary N) is 2. The molecule has 0 radical (unpaired) electrons. The van der Waals surface area contributed by atoms with E-state index in [0.29, 0.717) is 18.0 Å². The highest BCUT2D eigenvalue weighted by Gasteiger charge is 2.49. The SMILES string of the molecule is CC(C)CNC(=O)CN1C(=O)N[C@](C)(c2ccccc2)C1=O. The summed E-state index contributed by atoms with van der Waals surface area (Å²) < 4.78 is 0. The Hall–Kier alpha value is -2.37. The standard InChI is InChI=1S/C16H21N3O3/c1-11(2)9-17-13(20)10-19-14(21)16(3,18-15(19)22)12-7-5-4-6-8-12/h4-8,11H,9-10H2,1-3H3,(H,17,20)(H,18,22)/t16-/m1/s1. The van der Waals surface area contributed by atoms with Gasteiger partial charge in [0.15, 0.2) is 0 Å². The molecular weight excluding hydrogens is 282 g/mol. The molecule has 0 bridgehead atoms. The molecule has 1 heterocycles. The van der Waals surface area contributed by atoms with E-state index in [1.807, 2.05) is 19.9 Å². The van der Waals surface area contributed by atoms with Crippen molar-refractivity contribution in [3.05, 3.63) is 35.9 Å². The first kappa shape index (κ1) is 16.0. The number of hydrogen-bond donors (Lipinski definition) is 2. The van der Waals surface area contributed by atoms with E-state index >= 15 is 0 Å². The summed E-state index contributed by atoms with van der Waals surface area (Å²) >= 11 is 0. The van der Waals surface area contributed by atoms with Gasteiger partial charge >= 0.3 is 6.03 Å². The van der Waals surface area contributed by atoms with Crippen molar-refractivity contribution in [1.29, 1.82) is 0 Å². The van der Waals surface area contributed by atoms with Crippen molar-refractivity contribution in [3.63, 3.8) is 0 Å². The smallest absolute Gasteiger partial charge is 0.325 e. The first-order valence-electron chi connectivity index (χ1n) is 7.31. The third-order valence-electron chi connectivity index (χ3n) is 3.64. The lowest BCUT2D eigenvalue weighted by Crippen LogP contribution is -2.43. The maximum atomic E-state index is 12.6. The molecule has 6 heteroatoms. The highest BCUT2D eigenvalue weighted by atomic mass is 16.2. The highest BCUT2D eigenvalue weighted by Crippen LogP contribution is 2.28. The van der Waals surface area contributed by atoms with Crippen molar-refractivity contribution >= 4 is 17.8 Å². The predicted octanol–water partition coefficient (Wildman–Crippen LogP) is 1.23. The van der Waals surface area contributed by atoms with Crippen LogP contribution < -0.4 is 10.6 Å². The van der Waals surface area contributed by atoms with Gasteiger partial charge in [-0.3, -0.25) is 14.5 Å². The minimum atomic E-state index is -1.13. The van der Waals surface area contributed by atoms with E-state index in [1.165, 1.54) is 0 Å². The number of amides is 4. The zero-order valence-electron chi connectivity index (χ0n) is 13.1. The zero-order chi connectivity index (χ0) is 16.3. The maximum Gasteiger partial charge on any atom is 0.325 e. The fourth-order valence-corrected chi connectivity index (χ4v) is 2.33. The second-order valence-electron chi connectivity index (χ2n) is 6.01. The van der Waals surface area contributed by atoms with Gasteiger partial charge in [0, 0.05) is 6.54 Å². The molecule has 0 spiro atoms. The number of hydrogen-bond acceptors (Lipinski definition) is 3. The third kappa shape index (κ3) is 3.10. The van der Waals surface area contributed by atoms with Gasteiger partial charge in [0.25, 0.3) is 5.91 Å². The van der Waals surface area contributed by atoms with E-state index in [1.54, 1.807) is 31.2 Å². The lowest BCUT2D eigenvalue weighted by atomic mass is 9.92. The van der Waals surface area contributed by atoms with Crippen molar-refractivity contribution in [3.8, 4) is 0 Å². The fraction of sp³-hybridized carbons (Fsp3) is 0.438. The quantitative estimate of drug-likeness (QED) is 0.803. The molecule has 0 saturated carbocycles. The Morgan fingerprint density at radius 3 is 2.50 bits per heavy atom. The summed E-state index contributed by atoms with van der Waals surface area (Å²) in [5.41, 5.74) is -0.435. The molecular formula is C16H21N3O3. The van der Waals surface area contributed by atoms with Gasteiger partial charge in [0.1, 0.15) is 12.1 Å². The van der Waals surface area contributed by atoms with Crippen LogP contribution in [0.1, 0.15) is 26.3 Å². The maximum absolute atomic E-state index is 12.6. The molecule has 4 amide bonds. The van der Waals surface area contributed by atoms with Gasteiger partial charge in [-0.2, -0.15) is 0 Å². The molecule has 1 aromatic rings. The van der Waals surface area contributed by atoms with Crippen LogP contribution >= 0.6 is 0 Å². The van der Waals surface area contributed by atoms with Crippen LogP contribution in [0.25, 0.3) is 0 Å². The number of benzene rings is 1. The minimum absolute atomic E-state index is 0.264. The van der Waals surface area contributed by atoms with Crippen LogP contribution in [0.15, 0.2) is 30.3 Å². The van der Waals surface area contributed by atoms with E-state index in [4.69, 9.17) is 0 Å². The number of urea groups is 1.